The SMILES string of the molecule is CC(N)Cc1c(Cl)cccc1N1CCC(C)CC1C. The second-order valence-electron chi connectivity index (χ2n) is 6.09. The normalized spacial score (nSPS) is 25.4. The average Bonchev–Trinajstić information content (AvgIpc) is 2.32. The highest BCUT2D eigenvalue weighted by Gasteiger charge is 2.25. The standard InChI is InChI=1S/C16H25ClN2/c1-11-7-8-19(13(3)9-11)16-6-4-5-15(17)14(16)10-12(2)18/h4-6,11-13H,7-10,18H2,1-3H3. The zero-order valence-corrected chi connectivity index (χ0v) is 13.0. The van der Waals surface area contributed by atoms with Gasteiger partial charge in [0.05, 0.1) is 0 Å². The van der Waals surface area contributed by atoms with E-state index in [4.69, 9.17) is 17.3 Å². The van der Waals surface area contributed by atoms with Crippen LogP contribution in [0.25, 0.3) is 0 Å². The van der Waals surface area contributed by atoms with Gasteiger partial charge in [0.25, 0.3) is 0 Å². The van der Waals surface area contributed by atoms with Gasteiger partial charge < -0.3 is 10.6 Å². The quantitative estimate of drug-likeness (QED) is 0.911. The lowest BCUT2D eigenvalue weighted by Gasteiger charge is -2.39. The summed E-state index contributed by atoms with van der Waals surface area (Å²) in [5, 5.41) is 0.848. The van der Waals surface area contributed by atoms with E-state index in [2.05, 4.69) is 24.8 Å². The molecule has 1 heterocycles. The van der Waals surface area contributed by atoms with E-state index in [1.165, 1.54) is 24.1 Å². The van der Waals surface area contributed by atoms with Crippen molar-refractivity contribution >= 4 is 17.3 Å². The summed E-state index contributed by atoms with van der Waals surface area (Å²) in [5.41, 5.74) is 8.46. The van der Waals surface area contributed by atoms with Crippen molar-refractivity contribution in [2.45, 2.75) is 52.1 Å². The van der Waals surface area contributed by atoms with E-state index in [1.807, 2.05) is 19.1 Å². The molecule has 2 N–H and O–H groups in total. The molecule has 1 aliphatic heterocycles. The smallest absolute Gasteiger partial charge is 0.0459 e. The maximum Gasteiger partial charge on any atom is 0.0459 e. The monoisotopic (exact) mass is 280 g/mol. The van der Waals surface area contributed by atoms with E-state index in [9.17, 15) is 0 Å². The van der Waals surface area contributed by atoms with E-state index in [0.29, 0.717) is 6.04 Å². The molecule has 1 aromatic rings. The lowest BCUT2D eigenvalue weighted by molar-refractivity contribution is 0.377. The summed E-state index contributed by atoms with van der Waals surface area (Å²) in [4.78, 5) is 2.50. The molecule has 3 unspecified atom stereocenters. The summed E-state index contributed by atoms with van der Waals surface area (Å²) >= 11 is 6.39. The Bertz CT molecular complexity index is 431. The molecule has 106 valence electrons. The molecule has 0 saturated carbocycles. The molecule has 1 saturated heterocycles. The van der Waals surface area contributed by atoms with Gasteiger partial charge in [-0.3, -0.25) is 0 Å². The predicted octanol–water partition coefficient (Wildman–Crippen LogP) is 3.85. The zero-order chi connectivity index (χ0) is 14.0. The molecule has 3 atom stereocenters. The molecular weight excluding hydrogens is 256 g/mol. The largest absolute Gasteiger partial charge is 0.369 e. The summed E-state index contributed by atoms with van der Waals surface area (Å²) in [6.07, 6.45) is 3.35. The molecule has 2 rings (SSSR count). The van der Waals surface area contributed by atoms with Gasteiger partial charge in [-0.05, 0) is 56.7 Å². The Labute approximate surface area is 121 Å². The molecule has 0 amide bonds. The predicted molar refractivity (Wildman–Crippen MR) is 84.0 cm³/mol. The summed E-state index contributed by atoms with van der Waals surface area (Å²) in [6.45, 7) is 7.81. The van der Waals surface area contributed by atoms with Crippen LogP contribution in [0.2, 0.25) is 5.02 Å². The van der Waals surface area contributed by atoms with Crippen LogP contribution in [0.5, 0.6) is 0 Å². The molecule has 2 nitrogen and oxygen atoms in total. The Hall–Kier alpha value is -0.730. The zero-order valence-electron chi connectivity index (χ0n) is 12.2. The van der Waals surface area contributed by atoms with Crippen molar-refractivity contribution in [3.8, 4) is 0 Å². The van der Waals surface area contributed by atoms with Crippen LogP contribution in [-0.2, 0) is 6.42 Å². The minimum Gasteiger partial charge on any atom is -0.369 e. The first kappa shape index (κ1) is 14.7. The molecule has 0 radical (unpaired) electrons. The Morgan fingerprint density at radius 1 is 1.42 bits per heavy atom. The Morgan fingerprint density at radius 2 is 2.16 bits per heavy atom. The van der Waals surface area contributed by atoms with Crippen LogP contribution in [0, 0.1) is 5.92 Å². The van der Waals surface area contributed by atoms with Crippen molar-refractivity contribution in [2.24, 2.45) is 11.7 Å². The van der Waals surface area contributed by atoms with Crippen LogP contribution in [0.4, 0.5) is 5.69 Å². The molecule has 0 aliphatic carbocycles. The van der Waals surface area contributed by atoms with Crippen LogP contribution < -0.4 is 10.6 Å². The number of halogens is 1. The Kier molecular flexibility index (Phi) is 4.75. The molecule has 0 spiro atoms. The summed E-state index contributed by atoms with van der Waals surface area (Å²) in [7, 11) is 0. The van der Waals surface area contributed by atoms with E-state index < -0.39 is 0 Å². The van der Waals surface area contributed by atoms with Crippen molar-refractivity contribution in [1.82, 2.24) is 0 Å². The van der Waals surface area contributed by atoms with Crippen LogP contribution in [-0.4, -0.2) is 18.6 Å². The van der Waals surface area contributed by atoms with Crippen molar-refractivity contribution in [2.75, 3.05) is 11.4 Å². The van der Waals surface area contributed by atoms with Crippen LogP contribution in [0.15, 0.2) is 18.2 Å². The van der Waals surface area contributed by atoms with Gasteiger partial charge in [0.15, 0.2) is 0 Å². The summed E-state index contributed by atoms with van der Waals surface area (Å²) < 4.78 is 0. The molecule has 19 heavy (non-hydrogen) atoms. The van der Waals surface area contributed by atoms with Crippen molar-refractivity contribution < 1.29 is 0 Å². The Morgan fingerprint density at radius 3 is 2.79 bits per heavy atom. The lowest BCUT2D eigenvalue weighted by atomic mass is 9.92. The minimum absolute atomic E-state index is 0.137. The van der Waals surface area contributed by atoms with E-state index >= 15 is 0 Å². The van der Waals surface area contributed by atoms with E-state index in [-0.39, 0.29) is 6.04 Å². The van der Waals surface area contributed by atoms with Crippen LogP contribution in [0.1, 0.15) is 39.2 Å². The van der Waals surface area contributed by atoms with Gasteiger partial charge in [0, 0.05) is 29.3 Å². The van der Waals surface area contributed by atoms with Gasteiger partial charge in [0.1, 0.15) is 0 Å². The van der Waals surface area contributed by atoms with E-state index in [0.717, 1.165) is 23.9 Å². The number of hydrogen-bond acceptors (Lipinski definition) is 2. The first-order chi connectivity index (χ1) is 8.99. The maximum atomic E-state index is 6.39. The van der Waals surface area contributed by atoms with Gasteiger partial charge in [-0.25, -0.2) is 0 Å². The van der Waals surface area contributed by atoms with Crippen molar-refractivity contribution in [1.29, 1.82) is 0 Å². The van der Waals surface area contributed by atoms with Crippen LogP contribution >= 0.6 is 11.6 Å². The number of nitrogens with two attached hydrogens (primary N) is 1. The Balaban J connectivity index is 2.30. The fourth-order valence-electron chi connectivity index (χ4n) is 3.11. The first-order valence-corrected chi connectivity index (χ1v) is 7.66. The number of piperidine rings is 1. The number of benzene rings is 1. The third kappa shape index (κ3) is 3.43. The molecule has 0 bridgehead atoms. The van der Waals surface area contributed by atoms with Crippen LogP contribution in [0.3, 0.4) is 0 Å². The first-order valence-electron chi connectivity index (χ1n) is 7.28. The fourth-order valence-corrected chi connectivity index (χ4v) is 3.35. The molecule has 1 aliphatic rings. The highest BCUT2D eigenvalue weighted by molar-refractivity contribution is 6.31. The van der Waals surface area contributed by atoms with Gasteiger partial charge in [-0.2, -0.15) is 0 Å². The molecular formula is C16H25ClN2. The number of nitrogens with zero attached hydrogens (tertiary/aromatic N) is 1. The fraction of sp³-hybridized carbons (Fsp3) is 0.625. The molecule has 1 aromatic carbocycles. The number of rotatable bonds is 3. The third-order valence-electron chi connectivity index (χ3n) is 4.07. The number of anilines is 1. The maximum absolute atomic E-state index is 6.39. The molecule has 3 heteroatoms. The topological polar surface area (TPSA) is 29.3 Å². The highest BCUT2D eigenvalue weighted by atomic mass is 35.5. The third-order valence-corrected chi connectivity index (χ3v) is 4.42. The van der Waals surface area contributed by atoms with Gasteiger partial charge in [-0.1, -0.05) is 24.6 Å². The second kappa shape index (κ2) is 6.15. The number of hydrogen-bond donors (Lipinski definition) is 1. The second-order valence-corrected chi connectivity index (χ2v) is 6.50. The van der Waals surface area contributed by atoms with Gasteiger partial charge >= 0.3 is 0 Å². The van der Waals surface area contributed by atoms with E-state index in [1.54, 1.807) is 0 Å². The molecule has 1 fully saturated rings. The highest BCUT2D eigenvalue weighted by Crippen LogP contribution is 2.34. The summed E-state index contributed by atoms with van der Waals surface area (Å²) in [6, 6.07) is 6.93. The van der Waals surface area contributed by atoms with Gasteiger partial charge in [0.2, 0.25) is 0 Å². The van der Waals surface area contributed by atoms with Crippen molar-refractivity contribution in [3.05, 3.63) is 28.8 Å². The minimum atomic E-state index is 0.137. The van der Waals surface area contributed by atoms with Crippen molar-refractivity contribution in [3.63, 3.8) is 0 Å². The summed E-state index contributed by atoms with van der Waals surface area (Å²) in [5.74, 6) is 0.822. The van der Waals surface area contributed by atoms with Gasteiger partial charge in [-0.15, -0.1) is 0 Å². The lowest BCUT2D eigenvalue weighted by Crippen LogP contribution is -2.41. The average molecular weight is 281 g/mol. The molecule has 0 aromatic heterocycles.